The average Bonchev–Trinajstić information content (AvgIpc) is 2.38. The van der Waals surface area contributed by atoms with Crippen molar-refractivity contribution in [1.82, 2.24) is 0 Å². The molecule has 0 spiro atoms. The van der Waals surface area contributed by atoms with E-state index in [1.807, 2.05) is 20.8 Å². The Morgan fingerprint density at radius 2 is 1.20 bits per heavy atom. The molecule has 0 saturated carbocycles. The van der Waals surface area contributed by atoms with Gasteiger partial charge in [0.15, 0.2) is 0 Å². The van der Waals surface area contributed by atoms with Crippen LogP contribution in [-0.4, -0.2) is 28.6 Å². The summed E-state index contributed by atoms with van der Waals surface area (Å²) in [6.45, 7) is 14.3. The molecule has 0 aliphatic heterocycles. The smallest absolute Gasteiger partial charge is 0.370 e. The maximum absolute atomic E-state index is 5.92. The molecule has 1 rings (SSSR count). The van der Waals surface area contributed by atoms with E-state index in [0.29, 0.717) is 19.8 Å². The summed E-state index contributed by atoms with van der Waals surface area (Å²) in [5.74, 6) is 0. The lowest BCUT2D eigenvalue weighted by molar-refractivity contribution is 0.0859. The van der Waals surface area contributed by atoms with Gasteiger partial charge in [-0.15, -0.1) is 0 Å². The third-order valence-corrected chi connectivity index (χ3v) is 6.15. The van der Waals surface area contributed by atoms with Gasteiger partial charge in [-0.25, -0.2) is 0 Å². The zero-order valence-electron chi connectivity index (χ0n) is 13.7. The van der Waals surface area contributed by atoms with E-state index in [4.69, 9.17) is 13.3 Å². The molecule has 0 atom stereocenters. The van der Waals surface area contributed by atoms with E-state index in [1.54, 1.807) is 0 Å². The van der Waals surface area contributed by atoms with Gasteiger partial charge in [0.25, 0.3) is 0 Å². The van der Waals surface area contributed by atoms with Gasteiger partial charge in [0, 0.05) is 25.0 Å². The molecule has 20 heavy (non-hydrogen) atoms. The van der Waals surface area contributed by atoms with E-state index in [2.05, 4.69) is 45.0 Å². The van der Waals surface area contributed by atoms with Gasteiger partial charge in [-0.3, -0.25) is 0 Å². The molecular weight excluding hydrogens is 268 g/mol. The van der Waals surface area contributed by atoms with Crippen molar-refractivity contribution >= 4 is 14.0 Å². The molecule has 0 heterocycles. The number of hydrogen-bond donors (Lipinski definition) is 0. The maximum Gasteiger partial charge on any atom is 0.537 e. The van der Waals surface area contributed by atoms with Crippen LogP contribution in [-0.2, 0) is 18.7 Å². The first-order valence-corrected chi connectivity index (χ1v) is 9.15. The standard InChI is InChI=1S/C16H28O3Si/c1-7-17-20(18-8-2,19-9-3)15-12-10-14(11-13-15)16(4,5)6/h10-13H,7-9H2,1-6H3. The lowest BCUT2D eigenvalue weighted by Gasteiger charge is -2.29. The van der Waals surface area contributed by atoms with Crippen molar-refractivity contribution in [3.8, 4) is 0 Å². The molecule has 4 heteroatoms. The molecule has 114 valence electrons. The summed E-state index contributed by atoms with van der Waals surface area (Å²) in [5.41, 5.74) is 1.44. The molecule has 0 aliphatic rings. The predicted octanol–water partition coefficient (Wildman–Crippen LogP) is 3.24. The topological polar surface area (TPSA) is 27.7 Å². The van der Waals surface area contributed by atoms with Crippen molar-refractivity contribution in [1.29, 1.82) is 0 Å². The molecule has 0 N–H and O–H groups in total. The second-order valence-electron chi connectivity index (χ2n) is 5.68. The van der Waals surface area contributed by atoms with Gasteiger partial charge in [0.1, 0.15) is 0 Å². The van der Waals surface area contributed by atoms with Crippen LogP contribution in [0.2, 0.25) is 0 Å². The second kappa shape index (κ2) is 7.36. The Balaban J connectivity index is 3.13. The van der Waals surface area contributed by atoms with E-state index in [9.17, 15) is 0 Å². The molecule has 0 unspecified atom stereocenters. The van der Waals surface area contributed by atoms with Gasteiger partial charge < -0.3 is 13.3 Å². The Hall–Kier alpha value is -0.683. The van der Waals surface area contributed by atoms with Gasteiger partial charge in [0.05, 0.1) is 0 Å². The summed E-state index contributed by atoms with van der Waals surface area (Å²) in [5, 5.41) is 1.04. The van der Waals surface area contributed by atoms with Gasteiger partial charge in [0.2, 0.25) is 0 Å². The van der Waals surface area contributed by atoms with Crippen LogP contribution >= 0.6 is 0 Å². The number of hydrogen-bond acceptors (Lipinski definition) is 3. The molecule has 0 aliphatic carbocycles. The van der Waals surface area contributed by atoms with Gasteiger partial charge in [-0.1, -0.05) is 45.0 Å². The van der Waals surface area contributed by atoms with E-state index in [0.717, 1.165) is 5.19 Å². The monoisotopic (exact) mass is 296 g/mol. The molecule has 0 amide bonds. The number of benzene rings is 1. The quantitative estimate of drug-likeness (QED) is 0.723. The van der Waals surface area contributed by atoms with Crippen molar-refractivity contribution in [2.45, 2.75) is 47.0 Å². The molecule has 0 radical (unpaired) electrons. The molecule has 0 aromatic heterocycles. The average molecular weight is 296 g/mol. The van der Waals surface area contributed by atoms with E-state index < -0.39 is 8.80 Å². The first-order chi connectivity index (χ1) is 9.39. The summed E-state index contributed by atoms with van der Waals surface area (Å²) in [6.07, 6.45) is 0. The molecule has 3 nitrogen and oxygen atoms in total. The summed E-state index contributed by atoms with van der Waals surface area (Å²) in [6, 6.07) is 8.48. The highest BCUT2D eigenvalue weighted by Gasteiger charge is 2.43. The third-order valence-electron chi connectivity index (χ3n) is 3.11. The fourth-order valence-electron chi connectivity index (χ4n) is 2.12. The van der Waals surface area contributed by atoms with Gasteiger partial charge in [-0.2, -0.15) is 0 Å². The van der Waals surface area contributed by atoms with Crippen LogP contribution < -0.4 is 5.19 Å². The van der Waals surface area contributed by atoms with Crippen LogP contribution in [0.5, 0.6) is 0 Å². The normalized spacial score (nSPS) is 12.7. The minimum Gasteiger partial charge on any atom is -0.370 e. The minimum atomic E-state index is -2.75. The van der Waals surface area contributed by atoms with Crippen LogP contribution in [0.3, 0.4) is 0 Å². The Morgan fingerprint density at radius 3 is 1.50 bits per heavy atom. The molecule has 0 fully saturated rings. The number of rotatable bonds is 7. The van der Waals surface area contributed by atoms with E-state index in [1.165, 1.54) is 5.56 Å². The summed E-state index contributed by atoms with van der Waals surface area (Å²) in [4.78, 5) is 0. The van der Waals surface area contributed by atoms with Crippen LogP contribution in [0, 0.1) is 0 Å². The molecule has 0 bridgehead atoms. The Labute approximate surface area is 124 Å². The van der Waals surface area contributed by atoms with Crippen molar-refractivity contribution < 1.29 is 13.3 Å². The highest BCUT2D eigenvalue weighted by atomic mass is 28.4. The lowest BCUT2D eigenvalue weighted by Crippen LogP contribution is -2.56. The molecular formula is C16H28O3Si. The highest BCUT2D eigenvalue weighted by molar-refractivity contribution is 6.75. The van der Waals surface area contributed by atoms with Gasteiger partial charge in [-0.05, 0) is 31.7 Å². The van der Waals surface area contributed by atoms with Crippen molar-refractivity contribution in [2.24, 2.45) is 0 Å². The van der Waals surface area contributed by atoms with Crippen molar-refractivity contribution in [3.05, 3.63) is 29.8 Å². The van der Waals surface area contributed by atoms with Crippen LogP contribution in [0.15, 0.2) is 24.3 Å². The van der Waals surface area contributed by atoms with Crippen LogP contribution in [0.1, 0.15) is 47.1 Å². The van der Waals surface area contributed by atoms with Crippen LogP contribution in [0.25, 0.3) is 0 Å². The zero-order chi connectivity index (χ0) is 15.2. The first kappa shape index (κ1) is 17.4. The fourth-order valence-corrected chi connectivity index (χ4v) is 4.58. The lowest BCUT2D eigenvalue weighted by atomic mass is 9.87. The Kier molecular flexibility index (Phi) is 6.39. The highest BCUT2D eigenvalue weighted by Crippen LogP contribution is 2.22. The summed E-state index contributed by atoms with van der Waals surface area (Å²) in [7, 11) is -2.75. The summed E-state index contributed by atoms with van der Waals surface area (Å²) >= 11 is 0. The second-order valence-corrected chi connectivity index (χ2v) is 8.24. The van der Waals surface area contributed by atoms with Crippen molar-refractivity contribution in [3.63, 3.8) is 0 Å². The third kappa shape index (κ3) is 4.15. The van der Waals surface area contributed by atoms with E-state index >= 15 is 0 Å². The minimum absolute atomic E-state index is 0.144. The van der Waals surface area contributed by atoms with Crippen molar-refractivity contribution in [2.75, 3.05) is 19.8 Å². The summed E-state index contributed by atoms with van der Waals surface area (Å²) < 4.78 is 17.7. The SMILES string of the molecule is CCO[Si](OCC)(OCC)c1ccc(C(C)(C)C)cc1. The Bertz CT molecular complexity index is 378. The fraction of sp³-hybridized carbons (Fsp3) is 0.625. The largest absolute Gasteiger partial charge is 0.537 e. The zero-order valence-corrected chi connectivity index (χ0v) is 14.7. The first-order valence-electron chi connectivity index (χ1n) is 7.42. The molecule has 1 aromatic carbocycles. The van der Waals surface area contributed by atoms with Gasteiger partial charge >= 0.3 is 8.80 Å². The van der Waals surface area contributed by atoms with E-state index in [-0.39, 0.29) is 5.41 Å². The Morgan fingerprint density at radius 1 is 0.800 bits per heavy atom. The molecule has 1 aromatic rings. The molecule has 0 saturated heterocycles. The van der Waals surface area contributed by atoms with Crippen LogP contribution in [0.4, 0.5) is 0 Å². The maximum atomic E-state index is 5.92. The predicted molar refractivity (Wildman–Crippen MR) is 85.4 cm³/mol.